The zero-order valence-electron chi connectivity index (χ0n) is 12.7. The van der Waals surface area contributed by atoms with Crippen molar-refractivity contribution in [3.63, 3.8) is 0 Å². The summed E-state index contributed by atoms with van der Waals surface area (Å²) in [4.78, 5) is 22.7. The van der Waals surface area contributed by atoms with Crippen LogP contribution in [0.1, 0.15) is 53.4 Å². The number of amides is 1. The number of carbonyl (C=O) groups excluding carboxylic acids is 1. The Balaban J connectivity index is 2.41. The van der Waals surface area contributed by atoms with Crippen LogP contribution >= 0.6 is 0 Å². The molecule has 1 rings (SSSR count). The molecule has 20 heavy (non-hydrogen) atoms. The quantitative estimate of drug-likeness (QED) is 0.732. The van der Waals surface area contributed by atoms with Gasteiger partial charge in [-0.15, -0.1) is 0 Å². The molecule has 1 aliphatic rings. The number of aliphatic carboxylic acids is 1. The summed E-state index contributed by atoms with van der Waals surface area (Å²) in [6.45, 7) is 6.98. The Morgan fingerprint density at radius 2 is 1.90 bits per heavy atom. The predicted molar refractivity (Wildman–Crippen MR) is 75.3 cm³/mol. The zero-order chi connectivity index (χ0) is 15.6. The van der Waals surface area contributed by atoms with Gasteiger partial charge in [-0.2, -0.15) is 0 Å². The Hall–Kier alpha value is -1.30. The van der Waals surface area contributed by atoms with Crippen LogP contribution in [0, 0.1) is 5.92 Å². The smallest absolute Gasteiger partial charge is 0.407 e. The molecule has 1 fully saturated rings. The van der Waals surface area contributed by atoms with Gasteiger partial charge < -0.3 is 20.9 Å². The third kappa shape index (κ3) is 5.36. The Morgan fingerprint density at radius 3 is 2.40 bits per heavy atom. The molecule has 0 aromatic rings. The summed E-state index contributed by atoms with van der Waals surface area (Å²) < 4.78 is 5.21. The highest BCUT2D eigenvalue weighted by atomic mass is 16.6. The van der Waals surface area contributed by atoms with Crippen LogP contribution in [-0.4, -0.2) is 34.4 Å². The lowest BCUT2D eigenvalue weighted by Crippen LogP contribution is -2.46. The van der Waals surface area contributed by atoms with Gasteiger partial charge in [0.15, 0.2) is 0 Å². The minimum absolute atomic E-state index is 0.0412. The van der Waals surface area contributed by atoms with Crippen LogP contribution in [-0.2, 0) is 9.53 Å². The van der Waals surface area contributed by atoms with Gasteiger partial charge in [-0.3, -0.25) is 4.79 Å². The third-order valence-electron chi connectivity index (χ3n) is 3.46. The van der Waals surface area contributed by atoms with E-state index in [1.165, 1.54) is 6.92 Å². The van der Waals surface area contributed by atoms with Crippen molar-refractivity contribution >= 4 is 12.1 Å². The normalized spacial score (nSPS) is 25.9. The summed E-state index contributed by atoms with van der Waals surface area (Å²) in [5, 5.41) is 11.9. The van der Waals surface area contributed by atoms with Crippen LogP contribution in [0.15, 0.2) is 0 Å². The fourth-order valence-electron chi connectivity index (χ4n) is 2.55. The zero-order valence-corrected chi connectivity index (χ0v) is 12.7. The number of nitrogens with one attached hydrogen (secondary N) is 1. The van der Waals surface area contributed by atoms with Crippen molar-refractivity contribution in [1.29, 1.82) is 0 Å². The molecule has 0 bridgehead atoms. The van der Waals surface area contributed by atoms with Crippen LogP contribution in [0.3, 0.4) is 0 Å². The van der Waals surface area contributed by atoms with Crippen molar-refractivity contribution in [3.05, 3.63) is 0 Å². The largest absolute Gasteiger partial charge is 0.480 e. The molecule has 0 aliphatic heterocycles. The first-order valence-electron chi connectivity index (χ1n) is 7.01. The average Bonchev–Trinajstić information content (AvgIpc) is 2.60. The lowest BCUT2D eigenvalue weighted by atomic mass is 9.89. The first-order valence-corrected chi connectivity index (χ1v) is 7.01. The number of carboxylic acid groups (broad SMARTS) is 1. The van der Waals surface area contributed by atoms with Gasteiger partial charge in [0, 0.05) is 6.04 Å². The molecular weight excluding hydrogens is 260 g/mol. The number of alkyl carbamates (subject to hydrolysis) is 1. The Labute approximate surface area is 120 Å². The summed E-state index contributed by atoms with van der Waals surface area (Å²) in [5.41, 5.74) is 4.04. The first kappa shape index (κ1) is 16.8. The van der Waals surface area contributed by atoms with Crippen molar-refractivity contribution in [2.75, 3.05) is 0 Å². The maximum absolute atomic E-state index is 11.7. The number of carboxylic acids is 1. The van der Waals surface area contributed by atoms with Crippen LogP contribution < -0.4 is 11.1 Å². The molecule has 0 spiro atoms. The van der Waals surface area contributed by atoms with E-state index in [1.807, 2.05) is 20.8 Å². The molecule has 1 saturated carbocycles. The van der Waals surface area contributed by atoms with Gasteiger partial charge in [-0.1, -0.05) is 0 Å². The second-order valence-electron chi connectivity index (χ2n) is 6.95. The van der Waals surface area contributed by atoms with Crippen molar-refractivity contribution in [2.45, 2.75) is 70.6 Å². The standard InChI is InChI=1S/C14H26N2O4/c1-13(2,3)20-12(19)16-10-6-5-9(7-10)8-14(4,15)11(17)18/h9-10H,5-8,15H2,1-4H3,(H,16,19)(H,17,18)/t9-,10-,14?/m1/s1. The van der Waals surface area contributed by atoms with Gasteiger partial charge in [0.1, 0.15) is 11.1 Å². The van der Waals surface area contributed by atoms with Crippen molar-refractivity contribution < 1.29 is 19.4 Å². The van der Waals surface area contributed by atoms with Gasteiger partial charge in [0.25, 0.3) is 0 Å². The van der Waals surface area contributed by atoms with E-state index < -0.39 is 23.2 Å². The number of hydrogen-bond donors (Lipinski definition) is 3. The Kier molecular flexibility index (Phi) is 5.02. The third-order valence-corrected chi connectivity index (χ3v) is 3.46. The second-order valence-corrected chi connectivity index (χ2v) is 6.95. The fourth-order valence-corrected chi connectivity index (χ4v) is 2.55. The molecular formula is C14H26N2O4. The van der Waals surface area contributed by atoms with Crippen LogP contribution in [0.5, 0.6) is 0 Å². The SMILES string of the molecule is CC(C)(C)OC(=O)N[C@@H]1CC[C@@H](CC(C)(N)C(=O)O)C1. The highest BCUT2D eigenvalue weighted by Gasteiger charge is 2.35. The summed E-state index contributed by atoms with van der Waals surface area (Å²) in [6.07, 6.45) is 2.46. The highest BCUT2D eigenvalue weighted by molar-refractivity contribution is 5.77. The van der Waals surface area contributed by atoms with E-state index in [1.54, 1.807) is 0 Å². The number of rotatable bonds is 4. The monoisotopic (exact) mass is 286 g/mol. The summed E-state index contributed by atoms with van der Waals surface area (Å²) >= 11 is 0. The van der Waals surface area contributed by atoms with Crippen LogP contribution in [0.25, 0.3) is 0 Å². The number of carbonyl (C=O) groups is 2. The maximum Gasteiger partial charge on any atom is 0.407 e. The number of hydrogen-bond acceptors (Lipinski definition) is 4. The lowest BCUT2D eigenvalue weighted by molar-refractivity contribution is -0.143. The number of ether oxygens (including phenoxy) is 1. The van der Waals surface area contributed by atoms with Crippen LogP contribution in [0.4, 0.5) is 4.79 Å². The van der Waals surface area contributed by atoms with E-state index in [2.05, 4.69) is 5.32 Å². The minimum atomic E-state index is -1.20. The summed E-state index contributed by atoms with van der Waals surface area (Å²) in [7, 11) is 0. The number of nitrogens with two attached hydrogens (primary N) is 1. The first-order chi connectivity index (χ1) is 8.99. The van der Waals surface area contributed by atoms with Gasteiger partial charge >= 0.3 is 12.1 Å². The van der Waals surface area contributed by atoms with E-state index >= 15 is 0 Å². The fraction of sp³-hybridized carbons (Fsp3) is 0.857. The van der Waals surface area contributed by atoms with Crippen molar-refractivity contribution in [1.82, 2.24) is 5.32 Å². The summed E-state index contributed by atoms with van der Waals surface area (Å²) in [5.74, 6) is -0.762. The molecule has 4 N–H and O–H groups in total. The van der Waals surface area contributed by atoms with E-state index in [-0.39, 0.29) is 12.0 Å². The molecule has 0 heterocycles. The lowest BCUT2D eigenvalue weighted by Gasteiger charge is -2.24. The molecule has 6 heteroatoms. The molecule has 3 atom stereocenters. The Bertz CT molecular complexity index is 374. The van der Waals surface area contributed by atoms with E-state index in [0.717, 1.165) is 19.3 Å². The van der Waals surface area contributed by atoms with E-state index in [0.29, 0.717) is 6.42 Å². The summed E-state index contributed by atoms with van der Waals surface area (Å²) in [6, 6.07) is 0.0412. The second kappa shape index (κ2) is 5.99. The molecule has 1 aliphatic carbocycles. The van der Waals surface area contributed by atoms with Gasteiger partial charge in [-0.05, 0) is 59.3 Å². The van der Waals surface area contributed by atoms with Gasteiger partial charge in [0.05, 0.1) is 0 Å². The molecule has 0 aromatic heterocycles. The van der Waals surface area contributed by atoms with Crippen LogP contribution in [0.2, 0.25) is 0 Å². The molecule has 6 nitrogen and oxygen atoms in total. The van der Waals surface area contributed by atoms with Crippen molar-refractivity contribution in [3.8, 4) is 0 Å². The minimum Gasteiger partial charge on any atom is -0.480 e. The predicted octanol–water partition coefficient (Wildman–Crippen LogP) is 1.87. The van der Waals surface area contributed by atoms with E-state index in [9.17, 15) is 9.59 Å². The molecule has 1 unspecified atom stereocenters. The molecule has 0 aromatic carbocycles. The topological polar surface area (TPSA) is 102 Å². The van der Waals surface area contributed by atoms with Gasteiger partial charge in [-0.25, -0.2) is 4.79 Å². The van der Waals surface area contributed by atoms with Crippen molar-refractivity contribution in [2.24, 2.45) is 11.7 Å². The highest BCUT2D eigenvalue weighted by Crippen LogP contribution is 2.31. The molecule has 1 amide bonds. The average molecular weight is 286 g/mol. The van der Waals surface area contributed by atoms with Gasteiger partial charge in [0.2, 0.25) is 0 Å². The maximum atomic E-state index is 11.7. The molecule has 0 saturated heterocycles. The molecule has 116 valence electrons. The Morgan fingerprint density at radius 1 is 1.30 bits per heavy atom. The van der Waals surface area contributed by atoms with E-state index in [4.69, 9.17) is 15.6 Å². The molecule has 0 radical (unpaired) electrons.